The van der Waals surface area contributed by atoms with E-state index in [1.165, 1.54) is 11.1 Å². The summed E-state index contributed by atoms with van der Waals surface area (Å²) in [6.45, 7) is 4.41. The van der Waals surface area contributed by atoms with Crippen LogP contribution >= 0.6 is 0 Å². The molecule has 6 heteroatoms. The number of nitrogens with one attached hydrogen (secondary N) is 2. The van der Waals surface area contributed by atoms with E-state index in [-0.39, 0.29) is 29.5 Å². The second kappa shape index (κ2) is 10.4. The minimum absolute atomic E-state index is 0. The van der Waals surface area contributed by atoms with Gasteiger partial charge in [0.25, 0.3) is 0 Å². The summed E-state index contributed by atoms with van der Waals surface area (Å²) >= 11 is 0. The van der Waals surface area contributed by atoms with Crippen LogP contribution in [0.5, 0.6) is 0 Å². The van der Waals surface area contributed by atoms with E-state index in [0.717, 1.165) is 70.5 Å². The van der Waals surface area contributed by atoms with Gasteiger partial charge < -0.3 is 22.4 Å². The zero-order valence-corrected chi connectivity index (χ0v) is 20.2. The predicted octanol–water partition coefficient (Wildman–Crippen LogP) is 3.56. The maximum absolute atomic E-state index is 4.90. The smallest absolute Gasteiger partial charge is 1.00 e. The molecule has 0 saturated carbocycles. The van der Waals surface area contributed by atoms with Gasteiger partial charge in [0.05, 0.1) is 22.8 Å². The van der Waals surface area contributed by atoms with Crippen LogP contribution in [0, 0.1) is 0 Å². The van der Waals surface area contributed by atoms with Crippen molar-refractivity contribution < 1.29 is 29.5 Å². The van der Waals surface area contributed by atoms with Gasteiger partial charge in [-0.05, 0) is 79.1 Å². The first-order valence-corrected chi connectivity index (χ1v) is 10.8. The van der Waals surface area contributed by atoms with Crippen LogP contribution in [0.15, 0.2) is 36.4 Å². The summed E-state index contributed by atoms with van der Waals surface area (Å²) in [7, 11) is 0. The Labute approximate surface area is 205 Å². The molecule has 0 spiro atoms. The van der Waals surface area contributed by atoms with E-state index in [9.17, 15) is 0 Å². The number of hydrogen-bond donors (Lipinski definition) is 2. The number of aromatic amines is 2. The van der Waals surface area contributed by atoms with Crippen LogP contribution in [-0.4, -0.2) is 19.9 Å². The van der Waals surface area contributed by atoms with Crippen LogP contribution < -0.4 is 12.4 Å². The van der Waals surface area contributed by atoms with E-state index in [0.29, 0.717) is 0 Å². The van der Waals surface area contributed by atoms with Gasteiger partial charge in [-0.1, -0.05) is 26.7 Å². The fourth-order valence-corrected chi connectivity index (χ4v) is 4.22. The van der Waals surface area contributed by atoms with Crippen molar-refractivity contribution in [1.82, 2.24) is 19.9 Å². The maximum Gasteiger partial charge on any atom is 2.00 e. The number of fused-ring (bicyclic) bond motifs is 8. The first-order chi connectivity index (χ1) is 14.7. The van der Waals surface area contributed by atoms with Crippen LogP contribution in [-0.2, 0) is 29.9 Å². The number of aryl methyl sites for hydroxylation is 1. The third-order valence-corrected chi connectivity index (χ3v) is 5.62. The molecule has 2 N–H and O–H groups in total. The number of nitrogens with zero attached hydrogens (tertiary/aromatic N) is 2. The summed E-state index contributed by atoms with van der Waals surface area (Å²) < 4.78 is 0. The molecule has 3 aromatic rings. The quantitative estimate of drug-likeness (QED) is 0.383. The molecule has 4 nitrogen and oxygen atoms in total. The third kappa shape index (κ3) is 4.75. The Morgan fingerprint density at radius 3 is 1.59 bits per heavy atom. The maximum atomic E-state index is 4.90. The molecule has 0 atom stereocenters. The molecule has 2 aliphatic rings. The standard InChI is InChI=1S/C26H26N4.ClH.Mn/c1-3-5-21-23-11-7-17(27-23)15-19-9-13-25(29-19)22(6-4-2)26-14-10-20(30-26)16-18-8-12-24(21)28-18;;/h7-16,27-28H,3-6H2,1-2H3;1H;/q;;+2/p-1. The third-order valence-electron chi connectivity index (χ3n) is 5.62. The summed E-state index contributed by atoms with van der Waals surface area (Å²) in [5.74, 6) is 0. The van der Waals surface area contributed by atoms with Crippen LogP contribution in [0.2, 0.25) is 0 Å². The van der Waals surface area contributed by atoms with E-state index in [1.807, 2.05) is 0 Å². The second-order valence-electron chi connectivity index (χ2n) is 7.91. The monoisotopic (exact) mass is 484 g/mol. The molecule has 2 aliphatic heterocycles. The number of H-pyrrole nitrogens is 2. The van der Waals surface area contributed by atoms with Gasteiger partial charge in [-0.3, -0.25) is 0 Å². The fourth-order valence-electron chi connectivity index (χ4n) is 4.22. The summed E-state index contributed by atoms with van der Waals surface area (Å²) in [5, 5.41) is 0. The molecule has 0 unspecified atom stereocenters. The van der Waals surface area contributed by atoms with E-state index in [2.05, 4.69) is 84.5 Å². The minimum Gasteiger partial charge on any atom is -1.00 e. The van der Waals surface area contributed by atoms with Gasteiger partial charge in [0.2, 0.25) is 0 Å². The van der Waals surface area contributed by atoms with E-state index in [1.54, 1.807) is 0 Å². The van der Waals surface area contributed by atoms with E-state index < -0.39 is 0 Å². The van der Waals surface area contributed by atoms with Crippen molar-refractivity contribution in [3.63, 3.8) is 0 Å². The molecule has 3 aromatic heterocycles. The zero-order valence-electron chi connectivity index (χ0n) is 18.3. The van der Waals surface area contributed by atoms with E-state index in [4.69, 9.17) is 9.97 Å². The van der Waals surface area contributed by atoms with Crippen LogP contribution in [0.4, 0.5) is 0 Å². The fraction of sp³-hybridized carbons (Fsp3) is 0.231. The second-order valence-corrected chi connectivity index (χ2v) is 7.91. The molecule has 163 valence electrons. The largest absolute Gasteiger partial charge is 2.00 e. The van der Waals surface area contributed by atoms with Crippen molar-refractivity contribution in [1.29, 1.82) is 0 Å². The first kappa shape index (κ1) is 24.1. The predicted molar refractivity (Wildman–Crippen MR) is 127 cm³/mol. The number of aromatic nitrogens is 4. The summed E-state index contributed by atoms with van der Waals surface area (Å²) in [4.78, 5) is 17.0. The van der Waals surface area contributed by atoms with Crippen molar-refractivity contribution in [2.45, 2.75) is 39.5 Å². The Kier molecular flexibility index (Phi) is 7.78. The average Bonchev–Trinajstić information content (AvgIpc) is 3.53. The number of halogens is 1. The Balaban J connectivity index is 0.00000144. The first-order valence-electron chi connectivity index (χ1n) is 10.8. The van der Waals surface area contributed by atoms with Gasteiger partial charge in [0.1, 0.15) is 0 Å². The van der Waals surface area contributed by atoms with Gasteiger partial charge in [0.15, 0.2) is 0 Å². The Bertz CT molecular complexity index is 1240. The van der Waals surface area contributed by atoms with E-state index >= 15 is 0 Å². The number of rotatable bonds is 4. The molecule has 0 aromatic carbocycles. The van der Waals surface area contributed by atoms with Crippen molar-refractivity contribution >= 4 is 46.4 Å². The molecule has 0 aliphatic carbocycles. The SMILES string of the molecule is CCCc1c2nc(cc3ccc([nH]3)c(CCC)c3ccc(cc4nc1C=C4)[nH]3)C=C2.[Cl-].[Mn+2]. The Morgan fingerprint density at radius 2 is 1.12 bits per heavy atom. The number of hydrogen-bond acceptors (Lipinski definition) is 2. The van der Waals surface area contributed by atoms with Gasteiger partial charge in [-0.2, -0.15) is 0 Å². The van der Waals surface area contributed by atoms with Crippen molar-refractivity contribution in [2.75, 3.05) is 0 Å². The van der Waals surface area contributed by atoms with Crippen LogP contribution in [0.3, 0.4) is 0 Å². The topological polar surface area (TPSA) is 57.4 Å². The van der Waals surface area contributed by atoms with Crippen LogP contribution in [0.1, 0.15) is 60.6 Å². The van der Waals surface area contributed by atoms with Crippen molar-refractivity contribution in [3.8, 4) is 0 Å². The molecule has 5 heterocycles. The Hall–Kier alpha value is -2.59. The molecular weight excluding hydrogens is 459 g/mol. The molecule has 0 saturated heterocycles. The zero-order chi connectivity index (χ0) is 20.5. The summed E-state index contributed by atoms with van der Waals surface area (Å²) in [6, 6.07) is 12.8. The average molecular weight is 485 g/mol. The summed E-state index contributed by atoms with van der Waals surface area (Å²) in [5.41, 5.74) is 10.9. The minimum atomic E-state index is 0. The van der Waals surface area contributed by atoms with Gasteiger partial charge in [0, 0.05) is 27.6 Å². The molecule has 5 rings (SSSR count). The van der Waals surface area contributed by atoms with Gasteiger partial charge >= 0.3 is 17.1 Å². The molecule has 8 bridgehead atoms. The normalized spacial score (nSPS) is 11.8. The summed E-state index contributed by atoms with van der Waals surface area (Å²) in [6.07, 6.45) is 12.5. The van der Waals surface area contributed by atoms with Crippen LogP contribution in [0.25, 0.3) is 46.4 Å². The molecule has 0 amide bonds. The molecule has 1 radical (unpaired) electrons. The Morgan fingerprint density at radius 1 is 0.656 bits per heavy atom. The molecular formula is C26H26ClMnN4+. The molecule has 0 fully saturated rings. The van der Waals surface area contributed by atoms with Gasteiger partial charge in [-0.15, -0.1) is 0 Å². The molecule has 32 heavy (non-hydrogen) atoms. The van der Waals surface area contributed by atoms with Crippen molar-refractivity contribution in [3.05, 3.63) is 70.3 Å². The van der Waals surface area contributed by atoms with Gasteiger partial charge in [-0.25, -0.2) is 9.97 Å². The van der Waals surface area contributed by atoms with Crippen molar-refractivity contribution in [2.24, 2.45) is 0 Å².